The standard InChI is InChI=1S/C14H20BrNO3S/c1-10-5-4-6-16(9-10)20(17,18)14-8-12(15)11(2)7-13(14)19-3/h7-8,10H,4-6,9H2,1-3H3. The second-order valence-corrected chi connectivity index (χ2v) is 8.12. The Balaban J connectivity index is 2.46. The first kappa shape index (κ1) is 15.8. The van der Waals surface area contributed by atoms with Crippen molar-refractivity contribution < 1.29 is 13.2 Å². The van der Waals surface area contributed by atoms with Gasteiger partial charge in [0.15, 0.2) is 0 Å². The van der Waals surface area contributed by atoms with E-state index in [1.165, 1.54) is 7.11 Å². The molecule has 1 fully saturated rings. The van der Waals surface area contributed by atoms with E-state index in [1.807, 2.05) is 6.92 Å². The highest BCUT2D eigenvalue weighted by Crippen LogP contribution is 2.33. The molecule has 0 N–H and O–H groups in total. The van der Waals surface area contributed by atoms with E-state index < -0.39 is 10.0 Å². The summed E-state index contributed by atoms with van der Waals surface area (Å²) in [5, 5.41) is 0. The molecule has 1 aliphatic rings. The molecule has 0 spiro atoms. The summed E-state index contributed by atoms with van der Waals surface area (Å²) in [5.74, 6) is 0.808. The number of aryl methyl sites for hydroxylation is 1. The Hall–Kier alpha value is -0.590. The van der Waals surface area contributed by atoms with E-state index in [0.29, 0.717) is 24.8 Å². The van der Waals surface area contributed by atoms with Crippen molar-refractivity contribution in [3.63, 3.8) is 0 Å². The molecule has 0 aromatic heterocycles. The average Bonchev–Trinajstić information content (AvgIpc) is 2.41. The van der Waals surface area contributed by atoms with Gasteiger partial charge in [-0.3, -0.25) is 0 Å². The van der Waals surface area contributed by atoms with Crippen LogP contribution in [0.1, 0.15) is 25.3 Å². The molecular weight excluding hydrogens is 342 g/mol. The molecule has 0 radical (unpaired) electrons. The quantitative estimate of drug-likeness (QED) is 0.830. The predicted molar refractivity (Wildman–Crippen MR) is 82.6 cm³/mol. The van der Waals surface area contributed by atoms with Gasteiger partial charge in [0.1, 0.15) is 10.6 Å². The molecule has 0 bridgehead atoms. The van der Waals surface area contributed by atoms with Crippen LogP contribution in [0.2, 0.25) is 0 Å². The molecule has 1 saturated heterocycles. The third-order valence-corrected chi connectivity index (χ3v) is 6.42. The number of nitrogens with zero attached hydrogens (tertiary/aromatic N) is 1. The molecule has 0 aliphatic carbocycles. The summed E-state index contributed by atoms with van der Waals surface area (Å²) in [5.41, 5.74) is 0.952. The number of piperidine rings is 1. The van der Waals surface area contributed by atoms with Gasteiger partial charge in [0.2, 0.25) is 10.0 Å². The second-order valence-electron chi connectivity index (χ2n) is 5.36. The van der Waals surface area contributed by atoms with Gasteiger partial charge in [-0.2, -0.15) is 4.31 Å². The van der Waals surface area contributed by atoms with Gasteiger partial charge in [-0.15, -0.1) is 0 Å². The van der Waals surface area contributed by atoms with Gasteiger partial charge in [-0.05, 0) is 43.4 Å². The molecule has 6 heteroatoms. The molecule has 4 nitrogen and oxygen atoms in total. The van der Waals surface area contributed by atoms with Crippen molar-refractivity contribution in [3.8, 4) is 5.75 Å². The summed E-state index contributed by atoms with van der Waals surface area (Å²) >= 11 is 3.40. The minimum atomic E-state index is -3.50. The third kappa shape index (κ3) is 3.02. The molecule has 1 heterocycles. The monoisotopic (exact) mass is 361 g/mol. The lowest BCUT2D eigenvalue weighted by atomic mass is 10.0. The van der Waals surface area contributed by atoms with Crippen LogP contribution in [0.25, 0.3) is 0 Å². The molecular formula is C14H20BrNO3S. The van der Waals surface area contributed by atoms with Crippen LogP contribution in [-0.4, -0.2) is 32.9 Å². The summed E-state index contributed by atoms with van der Waals surface area (Å²) < 4.78 is 33.2. The number of methoxy groups -OCH3 is 1. The lowest BCUT2D eigenvalue weighted by Crippen LogP contribution is -2.39. The SMILES string of the molecule is COc1cc(C)c(Br)cc1S(=O)(=O)N1CCCC(C)C1. The van der Waals surface area contributed by atoms with Crippen molar-refractivity contribution >= 4 is 26.0 Å². The van der Waals surface area contributed by atoms with Crippen molar-refractivity contribution in [2.75, 3.05) is 20.2 Å². The van der Waals surface area contributed by atoms with Gasteiger partial charge in [0.25, 0.3) is 0 Å². The number of rotatable bonds is 3. The Labute approximate surface area is 129 Å². The molecule has 1 aliphatic heterocycles. The van der Waals surface area contributed by atoms with Crippen LogP contribution in [0.15, 0.2) is 21.5 Å². The first-order valence-corrected chi connectivity index (χ1v) is 8.94. The van der Waals surface area contributed by atoms with E-state index in [-0.39, 0.29) is 4.90 Å². The maximum atomic E-state index is 12.8. The highest BCUT2D eigenvalue weighted by molar-refractivity contribution is 9.10. The fourth-order valence-electron chi connectivity index (χ4n) is 2.50. The van der Waals surface area contributed by atoms with Crippen LogP contribution in [0.5, 0.6) is 5.75 Å². The Kier molecular flexibility index (Phi) is 4.76. The Bertz CT molecular complexity index is 601. The first-order valence-electron chi connectivity index (χ1n) is 6.70. The summed E-state index contributed by atoms with van der Waals surface area (Å²) in [7, 11) is -2.00. The van der Waals surface area contributed by atoms with Gasteiger partial charge >= 0.3 is 0 Å². The maximum absolute atomic E-state index is 12.8. The Morgan fingerprint density at radius 2 is 2.10 bits per heavy atom. The predicted octanol–water partition coefficient (Wildman–Crippen LogP) is 3.19. The lowest BCUT2D eigenvalue weighted by molar-refractivity contribution is 0.280. The number of halogens is 1. The number of ether oxygens (including phenoxy) is 1. The smallest absolute Gasteiger partial charge is 0.246 e. The molecule has 20 heavy (non-hydrogen) atoms. The lowest BCUT2D eigenvalue weighted by Gasteiger charge is -2.30. The van der Waals surface area contributed by atoms with Crippen molar-refractivity contribution in [2.24, 2.45) is 5.92 Å². The van der Waals surface area contributed by atoms with Crippen molar-refractivity contribution in [2.45, 2.75) is 31.6 Å². The highest BCUT2D eigenvalue weighted by Gasteiger charge is 2.31. The molecule has 1 atom stereocenters. The van der Waals surface area contributed by atoms with Crippen molar-refractivity contribution in [1.29, 1.82) is 0 Å². The fourth-order valence-corrected chi connectivity index (χ4v) is 4.76. The van der Waals surface area contributed by atoms with Crippen LogP contribution in [0, 0.1) is 12.8 Å². The average molecular weight is 362 g/mol. The van der Waals surface area contributed by atoms with Crippen molar-refractivity contribution in [3.05, 3.63) is 22.2 Å². The van der Waals surface area contributed by atoms with Crippen LogP contribution in [-0.2, 0) is 10.0 Å². The minimum absolute atomic E-state index is 0.242. The first-order chi connectivity index (χ1) is 9.36. The van der Waals surface area contributed by atoms with E-state index >= 15 is 0 Å². The largest absolute Gasteiger partial charge is 0.495 e. The Morgan fingerprint density at radius 1 is 1.40 bits per heavy atom. The number of sulfonamides is 1. The molecule has 112 valence electrons. The van der Waals surface area contributed by atoms with E-state index in [1.54, 1.807) is 16.4 Å². The second kappa shape index (κ2) is 6.03. The van der Waals surface area contributed by atoms with E-state index in [0.717, 1.165) is 22.9 Å². The van der Waals surface area contributed by atoms with Gasteiger partial charge in [0, 0.05) is 17.6 Å². The van der Waals surface area contributed by atoms with Crippen LogP contribution in [0.3, 0.4) is 0 Å². The fraction of sp³-hybridized carbons (Fsp3) is 0.571. The zero-order chi connectivity index (χ0) is 14.9. The van der Waals surface area contributed by atoms with E-state index in [4.69, 9.17) is 4.74 Å². The third-order valence-electron chi connectivity index (χ3n) is 3.68. The molecule has 1 aromatic carbocycles. The summed E-state index contributed by atoms with van der Waals surface area (Å²) in [6.07, 6.45) is 2.00. The topological polar surface area (TPSA) is 46.6 Å². The van der Waals surface area contributed by atoms with Crippen LogP contribution in [0.4, 0.5) is 0 Å². The van der Waals surface area contributed by atoms with Gasteiger partial charge in [-0.25, -0.2) is 8.42 Å². The molecule has 1 unspecified atom stereocenters. The van der Waals surface area contributed by atoms with Crippen molar-refractivity contribution in [1.82, 2.24) is 4.31 Å². The van der Waals surface area contributed by atoms with Gasteiger partial charge in [-0.1, -0.05) is 22.9 Å². The normalized spacial score (nSPS) is 20.9. The summed E-state index contributed by atoms with van der Waals surface area (Å²) in [6.45, 7) is 5.16. The van der Waals surface area contributed by atoms with E-state index in [2.05, 4.69) is 22.9 Å². The van der Waals surface area contributed by atoms with Crippen LogP contribution < -0.4 is 4.74 Å². The highest BCUT2D eigenvalue weighted by atomic mass is 79.9. The molecule has 1 aromatic rings. The summed E-state index contributed by atoms with van der Waals surface area (Å²) in [6, 6.07) is 3.40. The minimum Gasteiger partial charge on any atom is -0.495 e. The maximum Gasteiger partial charge on any atom is 0.246 e. The zero-order valence-corrected chi connectivity index (χ0v) is 14.4. The van der Waals surface area contributed by atoms with Gasteiger partial charge in [0.05, 0.1) is 7.11 Å². The Morgan fingerprint density at radius 3 is 2.70 bits per heavy atom. The molecule has 0 amide bonds. The molecule has 0 saturated carbocycles. The number of benzene rings is 1. The number of hydrogen-bond donors (Lipinski definition) is 0. The van der Waals surface area contributed by atoms with Gasteiger partial charge < -0.3 is 4.74 Å². The molecule has 2 rings (SSSR count). The number of hydrogen-bond acceptors (Lipinski definition) is 3. The van der Waals surface area contributed by atoms with Crippen LogP contribution >= 0.6 is 15.9 Å². The zero-order valence-electron chi connectivity index (χ0n) is 12.0. The van der Waals surface area contributed by atoms with E-state index in [9.17, 15) is 8.42 Å². The summed E-state index contributed by atoms with van der Waals surface area (Å²) in [4.78, 5) is 0.242.